The number of aromatic amines is 1. The van der Waals surface area contributed by atoms with Gasteiger partial charge in [0.05, 0.1) is 30.6 Å². The van der Waals surface area contributed by atoms with Crippen molar-refractivity contribution in [2.75, 3.05) is 39.5 Å². The maximum Gasteiger partial charge on any atom is 0.272 e. The van der Waals surface area contributed by atoms with Crippen molar-refractivity contribution in [3.8, 4) is 5.88 Å². The van der Waals surface area contributed by atoms with Crippen LogP contribution in [0.2, 0.25) is 0 Å². The number of H-pyrrole nitrogens is 1. The number of fused-ring (bicyclic) bond motifs is 1. The van der Waals surface area contributed by atoms with E-state index in [4.69, 9.17) is 14.9 Å². The van der Waals surface area contributed by atoms with Crippen LogP contribution in [0.15, 0.2) is 29.1 Å². The summed E-state index contributed by atoms with van der Waals surface area (Å²) < 4.78 is 5.65. The minimum atomic E-state index is -0.236. The fourth-order valence-electron chi connectivity index (χ4n) is 2.27. The quantitative estimate of drug-likeness (QED) is 0.563. The molecule has 0 radical (unpaired) electrons. The molecule has 0 saturated heterocycles. The van der Waals surface area contributed by atoms with Gasteiger partial charge in [0.25, 0.3) is 5.56 Å². The van der Waals surface area contributed by atoms with Gasteiger partial charge in [-0.05, 0) is 18.6 Å². The molecule has 22 heavy (non-hydrogen) atoms. The number of hydrogen-bond donors (Lipinski definition) is 3. The van der Waals surface area contributed by atoms with Crippen LogP contribution < -0.4 is 10.3 Å². The molecule has 0 atom stereocenters. The summed E-state index contributed by atoms with van der Waals surface area (Å²) >= 11 is 0. The lowest BCUT2D eigenvalue weighted by Crippen LogP contribution is -2.31. The highest BCUT2D eigenvalue weighted by molar-refractivity contribution is 5.85. The van der Waals surface area contributed by atoms with E-state index in [0.717, 1.165) is 6.42 Å². The van der Waals surface area contributed by atoms with E-state index < -0.39 is 0 Å². The van der Waals surface area contributed by atoms with Crippen LogP contribution >= 0.6 is 0 Å². The number of aliphatic hydroxyl groups excluding tert-OH is 2. The molecule has 7 nitrogen and oxygen atoms in total. The van der Waals surface area contributed by atoms with Crippen molar-refractivity contribution in [3.05, 3.63) is 34.6 Å². The van der Waals surface area contributed by atoms with E-state index in [1.54, 1.807) is 18.2 Å². The topological polar surface area (TPSA) is 98.7 Å². The van der Waals surface area contributed by atoms with Gasteiger partial charge in [-0.15, -0.1) is 5.10 Å². The van der Waals surface area contributed by atoms with E-state index in [0.29, 0.717) is 42.9 Å². The molecule has 7 heteroatoms. The number of aromatic nitrogens is 2. The molecular formula is C15H21N3O4. The first kappa shape index (κ1) is 16.4. The summed E-state index contributed by atoms with van der Waals surface area (Å²) in [4.78, 5) is 13.6. The van der Waals surface area contributed by atoms with Crippen LogP contribution in [-0.2, 0) is 0 Å². The van der Waals surface area contributed by atoms with Crippen LogP contribution in [0.1, 0.15) is 6.42 Å². The third-order valence-electron chi connectivity index (χ3n) is 3.35. The predicted octanol–water partition coefficient (Wildman–Crippen LogP) is -0.0214. The second-order valence-electron chi connectivity index (χ2n) is 4.89. The number of hydrogen-bond acceptors (Lipinski definition) is 6. The Morgan fingerprint density at radius 2 is 1.77 bits per heavy atom. The van der Waals surface area contributed by atoms with Gasteiger partial charge in [-0.1, -0.05) is 12.1 Å². The number of ether oxygens (including phenoxy) is 1. The van der Waals surface area contributed by atoms with Crippen molar-refractivity contribution in [2.24, 2.45) is 0 Å². The van der Waals surface area contributed by atoms with Gasteiger partial charge in [0.15, 0.2) is 0 Å². The molecule has 1 aromatic heterocycles. The van der Waals surface area contributed by atoms with Gasteiger partial charge >= 0.3 is 0 Å². The van der Waals surface area contributed by atoms with Gasteiger partial charge in [-0.2, -0.15) is 0 Å². The van der Waals surface area contributed by atoms with E-state index in [1.165, 1.54) is 0 Å². The summed E-state index contributed by atoms with van der Waals surface area (Å²) in [6.07, 6.45) is 0.731. The normalized spacial score (nSPS) is 11.2. The number of nitrogens with one attached hydrogen (secondary N) is 1. The fraction of sp³-hybridized carbons (Fsp3) is 0.467. The largest absolute Gasteiger partial charge is 0.476 e. The maximum absolute atomic E-state index is 11.7. The molecule has 0 aliphatic heterocycles. The van der Waals surface area contributed by atoms with E-state index in [2.05, 4.69) is 10.2 Å². The molecule has 0 saturated carbocycles. The second-order valence-corrected chi connectivity index (χ2v) is 4.89. The minimum Gasteiger partial charge on any atom is -0.476 e. The molecule has 0 amide bonds. The average molecular weight is 307 g/mol. The Labute approximate surface area is 128 Å². The van der Waals surface area contributed by atoms with Gasteiger partial charge in [-0.25, -0.2) is 5.10 Å². The fourth-order valence-corrected chi connectivity index (χ4v) is 2.27. The summed E-state index contributed by atoms with van der Waals surface area (Å²) in [5.74, 6) is 0.408. The van der Waals surface area contributed by atoms with Crippen molar-refractivity contribution in [1.82, 2.24) is 15.1 Å². The lowest BCUT2D eigenvalue weighted by Gasteiger charge is -2.19. The highest BCUT2D eigenvalue weighted by atomic mass is 16.5. The van der Waals surface area contributed by atoms with Crippen LogP contribution in [-0.4, -0.2) is 64.8 Å². The van der Waals surface area contributed by atoms with Gasteiger partial charge < -0.3 is 14.9 Å². The van der Waals surface area contributed by atoms with E-state index in [9.17, 15) is 4.79 Å². The number of aliphatic hydroxyl groups is 2. The molecule has 0 unspecified atom stereocenters. The third-order valence-corrected chi connectivity index (χ3v) is 3.35. The minimum absolute atomic E-state index is 0.0625. The number of rotatable bonds is 9. The van der Waals surface area contributed by atoms with E-state index in [-0.39, 0.29) is 18.8 Å². The summed E-state index contributed by atoms with van der Waals surface area (Å²) in [6, 6.07) is 7.16. The Hall–Kier alpha value is -1.96. The summed E-state index contributed by atoms with van der Waals surface area (Å²) in [5, 5.41) is 25.5. The second kappa shape index (κ2) is 8.47. The Bertz CT molecular complexity index is 638. The first-order chi connectivity index (χ1) is 10.8. The summed E-state index contributed by atoms with van der Waals surface area (Å²) in [7, 11) is 0. The third kappa shape index (κ3) is 4.27. The van der Waals surface area contributed by atoms with Crippen molar-refractivity contribution in [2.45, 2.75) is 6.42 Å². The summed E-state index contributed by atoms with van der Waals surface area (Å²) in [6.45, 7) is 2.33. The molecule has 0 aliphatic carbocycles. The van der Waals surface area contributed by atoms with Crippen LogP contribution in [0.5, 0.6) is 5.88 Å². The van der Waals surface area contributed by atoms with Crippen molar-refractivity contribution in [1.29, 1.82) is 0 Å². The average Bonchev–Trinajstić information content (AvgIpc) is 2.54. The highest BCUT2D eigenvalue weighted by Gasteiger charge is 2.07. The highest BCUT2D eigenvalue weighted by Crippen LogP contribution is 2.18. The van der Waals surface area contributed by atoms with Crippen molar-refractivity contribution in [3.63, 3.8) is 0 Å². The van der Waals surface area contributed by atoms with Crippen LogP contribution in [0.25, 0.3) is 10.8 Å². The van der Waals surface area contributed by atoms with Crippen LogP contribution in [0.4, 0.5) is 0 Å². The molecule has 1 aromatic carbocycles. The molecule has 120 valence electrons. The molecule has 3 N–H and O–H groups in total. The monoisotopic (exact) mass is 307 g/mol. The first-order valence-electron chi connectivity index (χ1n) is 7.30. The lowest BCUT2D eigenvalue weighted by molar-refractivity contribution is 0.152. The van der Waals surface area contributed by atoms with E-state index in [1.807, 2.05) is 11.0 Å². The maximum atomic E-state index is 11.7. The van der Waals surface area contributed by atoms with Crippen molar-refractivity contribution < 1.29 is 14.9 Å². The number of benzene rings is 1. The molecule has 0 aliphatic rings. The summed E-state index contributed by atoms with van der Waals surface area (Å²) in [5.41, 5.74) is -0.236. The zero-order valence-corrected chi connectivity index (χ0v) is 12.4. The van der Waals surface area contributed by atoms with Gasteiger partial charge in [-0.3, -0.25) is 9.69 Å². The Kier molecular flexibility index (Phi) is 6.32. The Morgan fingerprint density at radius 1 is 1.09 bits per heavy atom. The molecule has 0 bridgehead atoms. The molecular weight excluding hydrogens is 286 g/mol. The van der Waals surface area contributed by atoms with Crippen LogP contribution in [0.3, 0.4) is 0 Å². The van der Waals surface area contributed by atoms with Crippen LogP contribution in [0, 0.1) is 0 Å². The van der Waals surface area contributed by atoms with Gasteiger partial charge in [0.2, 0.25) is 5.88 Å². The van der Waals surface area contributed by atoms with E-state index >= 15 is 0 Å². The first-order valence-corrected chi connectivity index (χ1v) is 7.30. The van der Waals surface area contributed by atoms with Gasteiger partial charge in [0, 0.05) is 19.6 Å². The SMILES string of the molecule is O=c1[nH]nc(OCCCN(CCO)CCO)c2ccccc12. The molecule has 0 fully saturated rings. The standard InChI is InChI=1S/C15H21N3O4/c19-9-7-18(8-10-20)6-3-11-22-15-13-5-2-1-4-12(13)14(21)16-17-15/h1-2,4-5,19-20H,3,6-11H2,(H,16,21). The zero-order chi connectivity index (χ0) is 15.8. The molecule has 0 spiro atoms. The van der Waals surface area contributed by atoms with Crippen molar-refractivity contribution >= 4 is 10.8 Å². The Morgan fingerprint density at radius 3 is 2.45 bits per heavy atom. The molecule has 2 rings (SSSR count). The number of nitrogens with zero attached hydrogens (tertiary/aromatic N) is 2. The predicted molar refractivity (Wildman–Crippen MR) is 83.1 cm³/mol. The smallest absolute Gasteiger partial charge is 0.272 e. The lowest BCUT2D eigenvalue weighted by atomic mass is 10.2. The van der Waals surface area contributed by atoms with Gasteiger partial charge in [0.1, 0.15) is 0 Å². The molecule has 1 heterocycles. The molecule has 2 aromatic rings. The Balaban J connectivity index is 1.92. The zero-order valence-electron chi connectivity index (χ0n) is 12.4.